The van der Waals surface area contributed by atoms with E-state index >= 15 is 0 Å². The molecule has 0 aliphatic carbocycles. The van der Waals surface area contributed by atoms with Crippen molar-refractivity contribution in [3.05, 3.63) is 42.0 Å². The molecule has 10 heteroatoms. The van der Waals surface area contributed by atoms with Crippen LogP contribution in [0.3, 0.4) is 0 Å². The van der Waals surface area contributed by atoms with Gasteiger partial charge in [0.05, 0.1) is 5.56 Å². The van der Waals surface area contributed by atoms with Gasteiger partial charge in [-0.1, -0.05) is 0 Å². The standard InChI is InChI=1S/C16H16F3N7/c1-11-8-14(26-15(23-11)21-10-22-26)25-6-4-24(5-7-25)13-9-12(2-3-20-13)16(17,18)19/h2-3,8-10H,4-7H2,1H3. The lowest BCUT2D eigenvalue weighted by Gasteiger charge is -2.36. The average molecular weight is 363 g/mol. The van der Waals surface area contributed by atoms with Crippen LogP contribution in [0, 0.1) is 6.92 Å². The highest BCUT2D eigenvalue weighted by Gasteiger charge is 2.31. The van der Waals surface area contributed by atoms with Crippen LogP contribution in [0.15, 0.2) is 30.7 Å². The summed E-state index contributed by atoms with van der Waals surface area (Å²) in [5.41, 5.74) is 0.154. The van der Waals surface area contributed by atoms with Crippen LogP contribution in [-0.4, -0.2) is 50.7 Å². The molecule has 3 aromatic heterocycles. The molecule has 136 valence electrons. The number of pyridine rings is 1. The highest BCUT2D eigenvalue weighted by molar-refractivity contribution is 5.50. The first-order valence-electron chi connectivity index (χ1n) is 8.12. The molecule has 0 N–H and O–H groups in total. The fourth-order valence-electron chi connectivity index (χ4n) is 3.07. The van der Waals surface area contributed by atoms with Gasteiger partial charge < -0.3 is 9.80 Å². The Morgan fingerprint density at radius 2 is 1.73 bits per heavy atom. The second-order valence-electron chi connectivity index (χ2n) is 6.10. The molecule has 0 spiro atoms. The molecular formula is C16H16F3N7. The first-order valence-corrected chi connectivity index (χ1v) is 8.12. The van der Waals surface area contributed by atoms with E-state index in [0.717, 1.165) is 23.6 Å². The molecular weight excluding hydrogens is 347 g/mol. The molecule has 0 atom stereocenters. The van der Waals surface area contributed by atoms with Gasteiger partial charge in [-0.15, -0.1) is 0 Å². The third-order valence-electron chi connectivity index (χ3n) is 4.36. The molecule has 4 heterocycles. The molecule has 3 aromatic rings. The van der Waals surface area contributed by atoms with E-state index in [-0.39, 0.29) is 0 Å². The third-order valence-corrected chi connectivity index (χ3v) is 4.36. The Labute approximate surface area is 147 Å². The van der Waals surface area contributed by atoms with Crippen molar-refractivity contribution in [3.63, 3.8) is 0 Å². The summed E-state index contributed by atoms with van der Waals surface area (Å²) in [6.45, 7) is 4.28. The quantitative estimate of drug-likeness (QED) is 0.695. The second-order valence-corrected chi connectivity index (χ2v) is 6.10. The van der Waals surface area contributed by atoms with Crippen LogP contribution < -0.4 is 9.80 Å². The SMILES string of the molecule is Cc1cc(N2CCN(c3cc(C(F)(F)F)ccn3)CC2)n2ncnc2n1. The topological polar surface area (TPSA) is 62.5 Å². The molecule has 4 rings (SSSR count). The summed E-state index contributed by atoms with van der Waals surface area (Å²) in [6.07, 6.45) is -1.71. The number of aromatic nitrogens is 5. The number of anilines is 2. The highest BCUT2D eigenvalue weighted by Crippen LogP contribution is 2.31. The molecule has 0 aromatic carbocycles. The van der Waals surface area contributed by atoms with Crippen LogP contribution in [0.1, 0.15) is 11.3 Å². The Kier molecular flexibility index (Phi) is 3.89. The zero-order valence-corrected chi connectivity index (χ0v) is 14.0. The van der Waals surface area contributed by atoms with E-state index < -0.39 is 11.7 Å². The minimum atomic E-state index is -4.37. The smallest absolute Gasteiger partial charge is 0.353 e. The van der Waals surface area contributed by atoms with E-state index in [1.807, 2.05) is 17.9 Å². The van der Waals surface area contributed by atoms with Crippen molar-refractivity contribution in [1.29, 1.82) is 0 Å². The molecule has 0 unspecified atom stereocenters. The maximum Gasteiger partial charge on any atom is 0.416 e. The Morgan fingerprint density at radius 3 is 2.46 bits per heavy atom. The molecule has 1 fully saturated rings. The zero-order valence-electron chi connectivity index (χ0n) is 14.0. The minimum Gasteiger partial charge on any atom is -0.353 e. The fourth-order valence-corrected chi connectivity index (χ4v) is 3.07. The van der Waals surface area contributed by atoms with Gasteiger partial charge in [0.1, 0.15) is 18.0 Å². The van der Waals surface area contributed by atoms with Crippen LogP contribution in [0.2, 0.25) is 0 Å². The van der Waals surface area contributed by atoms with Crippen molar-refractivity contribution in [3.8, 4) is 0 Å². The first kappa shape index (κ1) is 16.6. The van der Waals surface area contributed by atoms with Crippen molar-refractivity contribution in [2.24, 2.45) is 0 Å². The van der Waals surface area contributed by atoms with Crippen LogP contribution in [0.4, 0.5) is 24.8 Å². The number of hydrogen-bond acceptors (Lipinski definition) is 6. The van der Waals surface area contributed by atoms with E-state index in [2.05, 4.69) is 25.0 Å². The predicted molar refractivity (Wildman–Crippen MR) is 89.2 cm³/mol. The normalized spacial score (nSPS) is 15.7. The molecule has 0 saturated carbocycles. The molecule has 0 bridgehead atoms. The summed E-state index contributed by atoms with van der Waals surface area (Å²) >= 11 is 0. The van der Waals surface area contributed by atoms with E-state index in [0.29, 0.717) is 37.8 Å². The number of aryl methyl sites for hydroxylation is 1. The molecule has 1 saturated heterocycles. The summed E-state index contributed by atoms with van der Waals surface area (Å²) in [7, 11) is 0. The molecule has 1 aliphatic rings. The monoisotopic (exact) mass is 363 g/mol. The largest absolute Gasteiger partial charge is 0.416 e. The van der Waals surface area contributed by atoms with Gasteiger partial charge in [0.15, 0.2) is 0 Å². The maximum absolute atomic E-state index is 12.9. The van der Waals surface area contributed by atoms with Gasteiger partial charge in [-0.25, -0.2) is 9.97 Å². The molecule has 1 aliphatic heterocycles. The lowest BCUT2D eigenvalue weighted by Crippen LogP contribution is -2.47. The zero-order chi connectivity index (χ0) is 18.3. The summed E-state index contributed by atoms with van der Waals surface area (Å²) in [5.74, 6) is 1.75. The number of alkyl halides is 3. The van der Waals surface area contributed by atoms with Gasteiger partial charge in [0.25, 0.3) is 5.78 Å². The minimum absolute atomic E-state index is 0.344. The Bertz CT molecular complexity index is 929. The number of fused-ring (bicyclic) bond motifs is 1. The van der Waals surface area contributed by atoms with Crippen LogP contribution in [-0.2, 0) is 6.18 Å². The summed E-state index contributed by atoms with van der Waals surface area (Å²) < 4.78 is 40.4. The molecule has 0 radical (unpaired) electrons. The van der Waals surface area contributed by atoms with E-state index in [4.69, 9.17) is 0 Å². The number of hydrogen-bond donors (Lipinski definition) is 0. The van der Waals surface area contributed by atoms with Crippen LogP contribution in [0.25, 0.3) is 5.78 Å². The first-order chi connectivity index (χ1) is 12.4. The maximum atomic E-state index is 12.9. The van der Waals surface area contributed by atoms with E-state index in [9.17, 15) is 13.2 Å². The lowest BCUT2D eigenvalue weighted by molar-refractivity contribution is -0.137. The summed E-state index contributed by atoms with van der Waals surface area (Å²) in [5, 5.41) is 4.20. The van der Waals surface area contributed by atoms with Crippen molar-refractivity contribution in [2.45, 2.75) is 13.1 Å². The van der Waals surface area contributed by atoms with Gasteiger partial charge in [0.2, 0.25) is 0 Å². The molecule has 7 nitrogen and oxygen atoms in total. The average Bonchev–Trinajstić information content (AvgIpc) is 3.09. The molecule has 0 amide bonds. The summed E-state index contributed by atoms with van der Waals surface area (Å²) in [4.78, 5) is 16.5. The lowest BCUT2D eigenvalue weighted by atomic mass is 10.2. The number of nitrogens with zero attached hydrogens (tertiary/aromatic N) is 7. The predicted octanol–water partition coefficient (Wildman–Crippen LogP) is 2.17. The Balaban J connectivity index is 1.53. The van der Waals surface area contributed by atoms with Gasteiger partial charge in [0, 0.05) is 44.1 Å². The van der Waals surface area contributed by atoms with Crippen LogP contribution >= 0.6 is 0 Å². The van der Waals surface area contributed by atoms with E-state index in [1.165, 1.54) is 12.5 Å². The third kappa shape index (κ3) is 3.02. The van der Waals surface area contributed by atoms with Gasteiger partial charge in [-0.05, 0) is 19.1 Å². The number of rotatable bonds is 2. The van der Waals surface area contributed by atoms with Crippen LogP contribution in [0.5, 0.6) is 0 Å². The summed E-state index contributed by atoms with van der Waals surface area (Å²) in [6, 6.07) is 4.02. The number of halogens is 3. The fraction of sp³-hybridized carbons (Fsp3) is 0.375. The van der Waals surface area contributed by atoms with Gasteiger partial charge in [-0.2, -0.15) is 27.8 Å². The van der Waals surface area contributed by atoms with Crippen molar-refractivity contribution in [1.82, 2.24) is 24.6 Å². The molecule has 26 heavy (non-hydrogen) atoms. The Morgan fingerprint density at radius 1 is 1.00 bits per heavy atom. The van der Waals surface area contributed by atoms with Crippen molar-refractivity contribution in [2.75, 3.05) is 36.0 Å². The number of piperazine rings is 1. The van der Waals surface area contributed by atoms with Gasteiger partial charge in [-0.3, -0.25) is 0 Å². The second kappa shape index (κ2) is 6.11. The van der Waals surface area contributed by atoms with Crippen molar-refractivity contribution >= 4 is 17.4 Å². The highest BCUT2D eigenvalue weighted by atomic mass is 19.4. The Hall–Kier alpha value is -2.91. The van der Waals surface area contributed by atoms with E-state index in [1.54, 1.807) is 4.52 Å². The van der Waals surface area contributed by atoms with Gasteiger partial charge >= 0.3 is 6.18 Å². The van der Waals surface area contributed by atoms with Crippen molar-refractivity contribution < 1.29 is 13.2 Å².